The molecule has 0 saturated heterocycles. The number of ketones is 1. The van der Waals surface area contributed by atoms with Crippen LogP contribution in [0, 0.1) is 0 Å². The summed E-state index contributed by atoms with van der Waals surface area (Å²) in [6.45, 7) is 0.933. The Morgan fingerprint density at radius 2 is 1.88 bits per heavy atom. The number of hydrogen-bond acceptors (Lipinski definition) is 4. The first-order chi connectivity index (χ1) is 11.5. The van der Waals surface area contributed by atoms with Crippen molar-refractivity contribution in [3.8, 4) is 0 Å². The molecule has 128 valence electrons. The molecule has 1 aromatic carbocycles. The lowest BCUT2D eigenvalue weighted by Crippen LogP contribution is -2.41. The highest BCUT2D eigenvalue weighted by atomic mass is 16.3. The van der Waals surface area contributed by atoms with Gasteiger partial charge in [0.25, 0.3) is 0 Å². The van der Waals surface area contributed by atoms with E-state index in [4.69, 9.17) is 4.42 Å². The Balaban J connectivity index is 1.63. The number of Topliss-reactive ketones (excluding diaryl/α,β-unsaturated/α-hetero) is 1. The monoisotopic (exact) mass is 327 g/mol. The summed E-state index contributed by atoms with van der Waals surface area (Å²) in [5.41, 5.74) is 1.31. The highest BCUT2D eigenvalue weighted by molar-refractivity contribution is 6.00. The lowest BCUT2D eigenvalue weighted by molar-refractivity contribution is 0.00616. The molecule has 3 rings (SSSR count). The smallest absolute Gasteiger partial charge is 0.229 e. The van der Waals surface area contributed by atoms with Crippen LogP contribution < -0.4 is 0 Å². The molecule has 0 aliphatic heterocycles. The van der Waals surface area contributed by atoms with Crippen LogP contribution in [-0.2, 0) is 6.54 Å². The Hall–Kier alpha value is -1.91. The fourth-order valence-electron chi connectivity index (χ4n) is 3.55. The number of aliphatic hydroxyl groups is 1. The van der Waals surface area contributed by atoms with Gasteiger partial charge in [-0.3, -0.25) is 4.79 Å². The van der Waals surface area contributed by atoms with Crippen molar-refractivity contribution in [2.75, 3.05) is 14.1 Å². The van der Waals surface area contributed by atoms with Crippen molar-refractivity contribution >= 4 is 5.78 Å². The second kappa shape index (κ2) is 6.91. The third kappa shape index (κ3) is 3.60. The first-order valence-corrected chi connectivity index (χ1v) is 8.52. The van der Waals surface area contributed by atoms with E-state index < -0.39 is 5.60 Å². The zero-order valence-electron chi connectivity index (χ0n) is 14.4. The van der Waals surface area contributed by atoms with Gasteiger partial charge >= 0.3 is 0 Å². The second-order valence-corrected chi connectivity index (χ2v) is 7.09. The molecule has 1 saturated carbocycles. The Morgan fingerprint density at radius 1 is 1.21 bits per heavy atom. The van der Waals surface area contributed by atoms with Gasteiger partial charge in [-0.15, -0.1) is 0 Å². The van der Waals surface area contributed by atoms with E-state index in [0.717, 1.165) is 19.4 Å². The van der Waals surface area contributed by atoms with E-state index in [-0.39, 0.29) is 11.5 Å². The lowest BCUT2D eigenvalue weighted by Gasteiger charge is -2.34. The fraction of sp³-hybridized carbons (Fsp3) is 0.450. The molecule has 0 unspecified atom stereocenters. The molecular weight excluding hydrogens is 302 g/mol. The molecule has 0 radical (unpaired) electrons. The average Bonchev–Trinajstić information content (AvgIpc) is 3.09. The largest absolute Gasteiger partial charge is 0.461 e. The Bertz CT molecular complexity index is 665. The van der Waals surface area contributed by atoms with E-state index in [9.17, 15) is 9.90 Å². The third-order valence-corrected chi connectivity index (χ3v) is 4.93. The molecule has 0 spiro atoms. The van der Waals surface area contributed by atoms with E-state index >= 15 is 0 Å². The van der Waals surface area contributed by atoms with Gasteiger partial charge < -0.3 is 14.4 Å². The molecule has 2 aromatic rings. The number of furan rings is 1. The highest BCUT2D eigenvalue weighted by Gasteiger charge is 2.41. The summed E-state index contributed by atoms with van der Waals surface area (Å²) < 4.78 is 5.16. The number of carbonyl (C=O) groups excluding carboxylic acids is 1. The van der Waals surface area contributed by atoms with Crippen molar-refractivity contribution < 1.29 is 14.3 Å². The number of nitrogens with zero attached hydrogens (tertiary/aromatic N) is 1. The maximum absolute atomic E-state index is 12.4. The van der Waals surface area contributed by atoms with Crippen molar-refractivity contribution in [2.45, 2.75) is 43.7 Å². The van der Waals surface area contributed by atoms with Crippen LogP contribution in [0.2, 0.25) is 0 Å². The van der Waals surface area contributed by atoms with E-state index in [0.29, 0.717) is 18.8 Å². The van der Waals surface area contributed by atoms with Gasteiger partial charge in [-0.05, 0) is 69.0 Å². The van der Waals surface area contributed by atoms with Crippen LogP contribution in [0.15, 0.2) is 47.1 Å². The normalized spacial score (nSPS) is 24.2. The van der Waals surface area contributed by atoms with Crippen LogP contribution in [0.4, 0.5) is 0 Å². The molecule has 1 N–H and O–H groups in total. The van der Waals surface area contributed by atoms with Crippen LogP contribution in [0.25, 0.3) is 0 Å². The zero-order chi connectivity index (χ0) is 17.2. The van der Waals surface area contributed by atoms with Gasteiger partial charge in [-0.2, -0.15) is 0 Å². The molecule has 1 aromatic heterocycles. The molecule has 0 bridgehead atoms. The number of rotatable bonds is 5. The molecule has 24 heavy (non-hydrogen) atoms. The zero-order valence-corrected chi connectivity index (χ0v) is 14.4. The Labute approximate surface area is 143 Å². The van der Waals surface area contributed by atoms with Gasteiger partial charge in [0.1, 0.15) is 5.60 Å². The van der Waals surface area contributed by atoms with Gasteiger partial charge in [-0.1, -0.05) is 24.3 Å². The van der Waals surface area contributed by atoms with Crippen LogP contribution in [0.3, 0.4) is 0 Å². The minimum Gasteiger partial charge on any atom is -0.461 e. The van der Waals surface area contributed by atoms with Crippen LogP contribution >= 0.6 is 0 Å². The Morgan fingerprint density at radius 3 is 2.42 bits per heavy atom. The van der Waals surface area contributed by atoms with Crippen LogP contribution in [-0.4, -0.2) is 35.5 Å². The van der Waals surface area contributed by atoms with Gasteiger partial charge in [-0.25, -0.2) is 0 Å². The standard InChI is InChI=1S/C20H25NO3/c1-21(2)14-15-5-7-16(8-6-15)17-9-11-20(23,12-10-17)19(22)18-4-3-13-24-18/h3-8,13,17,23H,9-12,14H2,1-2H3. The fourth-order valence-corrected chi connectivity index (χ4v) is 3.55. The molecule has 4 nitrogen and oxygen atoms in total. The molecule has 1 aliphatic rings. The molecule has 1 heterocycles. The minimum atomic E-state index is -1.28. The van der Waals surface area contributed by atoms with Gasteiger partial charge in [0, 0.05) is 6.54 Å². The van der Waals surface area contributed by atoms with Crippen LogP contribution in [0.5, 0.6) is 0 Å². The quantitative estimate of drug-likeness (QED) is 0.852. The molecule has 1 aliphatic carbocycles. The number of hydrogen-bond donors (Lipinski definition) is 1. The second-order valence-electron chi connectivity index (χ2n) is 7.09. The molecule has 0 atom stereocenters. The summed E-state index contributed by atoms with van der Waals surface area (Å²) in [6.07, 6.45) is 4.07. The predicted octanol–water partition coefficient (Wildman–Crippen LogP) is 3.61. The van der Waals surface area contributed by atoms with Crippen molar-refractivity contribution in [3.05, 3.63) is 59.5 Å². The Kier molecular flexibility index (Phi) is 4.88. The van der Waals surface area contributed by atoms with Gasteiger partial charge in [0.05, 0.1) is 6.26 Å². The summed E-state index contributed by atoms with van der Waals surface area (Å²) >= 11 is 0. The van der Waals surface area contributed by atoms with E-state index in [1.807, 2.05) is 0 Å². The van der Waals surface area contributed by atoms with E-state index in [1.54, 1.807) is 12.1 Å². The average molecular weight is 327 g/mol. The maximum atomic E-state index is 12.4. The van der Waals surface area contributed by atoms with E-state index in [2.05, 4.69) is 43.3 Å². The summed E-state index contributed by atoms with van der Waals surface area (Å²) in [5.74, 6) is 0.374. The molecule has 1 fully saturated rings. The topological polar surface area (TPSA) is 53.7 Å². The van der Waals surface area contributed by atoms with E-state index in [1.165, 1.54) is 17.4 Å². The summed E-state index contributed by atoms with van der Waals surface area (Å²) in [5, 5.41) is 10.7. The molecular formula is C20H25NO3. The summed E-state index contributed by atoms with van der Waals surface area (Å²) in [4.78, 5) is 14.6. The lowest BCUT2D eigenvalue weighted by atomic mass is 9.74. The maximum Gasteiger partial charge on any atom is 0.229 e. The molecule has 0 amide bonds. The number of carbonyl (C=O) groups is 1. The molecule has 4 heteroatoms. The highest BCUT2D eigenvalue weighted by Crippen LogP contribution is 2.39. The first-order valence-electron chi connectivity index (χ1n) is 8.52. The van der Waals surface area contributed by atoms with Crippen molar-refractivity contribution in [1.82, 2.24) is 4.90 Å². The van der Waals surface area contributed by atoms with Crippen molar-refractivity contribution in [1.29, 1.82) is 0 Å². The van der Waals surface area contributed by atoms with Crippen molar-refractivity contribution in [2.24, 2.45) is 0 Å². The number of benzene rings is 1. The summed E-state index contributed by atoms with van der Waals surface area (Å²) in [6, 6.07) is 12.0. The predicted molar refractivity (Wildman–Crippen MR) is 93.0 cm³/mol. The van der Waals surface area contributed by atoms with Gasteiger partial charge in [0.15, 0.2) is 5.76 Å². The van der Waals surface area contributed by atoms with Crippen LogP contribution in [0.1, 0.15) is 53.3 Å². The van der Waals surface area contributed by atoms with Crippen molar-refractivity contribution in [3.63, 3.8) is 0 Å². The first kappa shape index (κ1) is 16.9. The minimum absolute atomic E-state index is 0.254. The third-order valence-electron chi connectivity index (χ3n) is 4.93. The van der Waals surface area contributed by atoms with Gasteiger partial charge in [0.2, 0.25) is 5.78 Å². The summed E-state index contributed by atoms with van der Waals surface area (Å²) in [7, 11) is 4.12. The SMILES string of the molecule is CN(C)Cc1ccc(C2CCC(O)(C(=O)c3ccco3)CC2)cc1.